The van der Waals surface area contributed by atoms with Crippen molar-refractivity contribution in [2.75, 3.05) is 26.8 Å². The number of rotatable bonds is 8. The summed E-state index contributed by atoms with van der Waals surface area (Å²) >= 11 is 5.75. The third-order valence-electron chi connectivity index (χ3n) is 5.33. The Bertz CT molecular complexity index is 873. The average molecular weight is 439 g/mol. The van der Waals surface area contributed by atoms with E-state index < -0.39 is 11.5 Å². The molecule has 30 heavy (non-hydrogen) atoms. The molecule has 8 heteroatoms. The number of benzene rings is 1. The van der Waals surface area contributed by atoms with E-state index in [9.17, 15) is 9.18 Å². The monoisotopic (exact) mass is 438 g/mol. The molecule has 1 fully saturated rings. The molecule has 3 rings (SSSR count). The molecule has 0 atom stereocenters. The molecule has 0 bridgehead atoms. The fourth-order valence-electron chi connectivity index (χ4n) is 3.52. The number of nitrogens with zero attached hydrogens (tertiary/aromatic N) is 2. The number of hydrogen-bond acceptors (Lipinski definition) is 4. The lowest BCUT2D eigenvalue weighted by Gasteiger charge is -2.36. The number of methoxy groups -OCH3 is 1. The number of amides is 1. The number of pyridine rings is 1. The van der Waals surface area contributed by atoms with Gasteiger partial charge in [-0.1, -0.05) is 11.6 Å². The average Bonchev–Trinajstić information content (AvgIpc) is 2.76. The molecule has 1 aliphatic rings. The van der Waals surface area contributed by atoms with E-state index in [1.165, 1.54) is 18.2 Å². The number of alkyl halides is 1. The van der Waals surface area contributed by atoms with Crippen molar-refractivity contribution in [2.45, 2.75) is 37.8 Å². The first-order valence-electron chi connectivity index (χ1n) is 9.97. The molecule has 0 spiro atoms. The van der Waals surface area contributed by atoms with Crippen LogP contribution in [-0.4, -0.2) is 48.3 Å². The summed E-state index contributed by atoms with van der Waals surface area (Å²) in [6, 6.07) is 7.42. The molecule has 5 nitrogen and oxygen atoms in total. The Kier molecular flexibility index (Phi) is 7.48. The molecule has 0 N–H and O–H groups in total. The Hall–Kier alpha value is -2.41. The Morgan fingerprint density at radius 3 is 2.73 bits per heavy atom. The van der Waals surface area contributed by atoms with Crippen molar-refractivity contribution in [3.63, 3.8) is 0 Å². The first kappa shape index (κ1) is 22.3. The molecule has 0 unspecified atom stereocenters. The van der Waals surface area contributed by atoms with Gasteiger partial charge in [0.25, 0.3) is 11.8 Å². The number of hydrogen-bond donors (Lipinski definition) is 0. The highest BCUT2D eigenvalue weighted by Gasteiger charge is 2.35. The van der Waals surface area contributed by atoms with Gasteiger partial charge >= 0.3 is 0 Å². The standard InChI is InChI=1S/C22H25ClF2N2O3/c1-29-19-5-4-11-26-20(19)30-14-3-2-8-22(25)9-12-27(13-10-22)21(28)16-6-7-18(24)17(23)15-16/h4-7,11,15H,2-3,8-10,12-14H2,1H3. The zero-order chi connectivity index (χ0) is 21.6. The maximum absolute atomic E-state index is 15.1. The molecule has 1 aliphatic heterocycles. The van der Waals surface area contributed by atoms with Crippen LogP contribution in [0.1, 0.15) is 42.5 Å². The second kappa shape index (κ2) is 10.1. The number of aromatic nitrogens is 1. The second-order valence-electron chi connectivity index (χ2n) is 7.39. The van der Waals surface area contributed by atoms with E-state index in [1.807, 2.05) is 0 Å². The number of likely N-dealkylation sites (tertiary alicyclic amines) is 1. The quantitative estimate of drug-likeness (QED) is 0.539. The second-order valence-corrected chi connectivity index (χ2v) is 7.80. The van der Waals surface area contributed by atoms with Crippen molar-refractivity contribution in [1.29, 1.82) is 0 Å². The molecule has 162 valence electrons. The highest BCUT2D eigenvalue weighted by molar-refractivity contribution is 6.31. The van der Waals surface area contributed by atoms with Crippen LogP contribution in [0.15, 0.2) is 36.5 Å². The van der Waals surface area contributed by atoms with E-state index in [0.717, 1.165) is 0 Å². The van der Waals surface area contributed by atoms with Crippen molar-refractivity contribution >= 4 is 17.5 Å². The summed E-state index contributed by atoms with van der Waals surface area (Å²) in [7, 11) is 1.55. The minimum absolute atomic E-state index is 0.0942. The fourth-order valence-corrected chi connectivity index (χ4v) is 3.71. The van der Waals surface area contributed by atoms with Crippen LogP contribution >= 0.6 is 11.6 Å². The molecule has 2 heterocycles. The molecular weight excluding hydrogens is 414 g/mol. The summed E-state index contributed by atoms with van der Waals surface area (Å²) in [6.07, 6.45) is 3.98. The van der Waals surface area contributed by atoms with Crippen molar-refractivity contribution in [1.82, 2.24) is 9.88 Å². The predicted octanol–water partition coefficient (Wildman–Crippen LogP) is 5.08. The Balaban J connectivity index is 1.41. The van der Waals surface area contributed by atoms with Crippen LogP contribution in [0, 0.1) is 5.82 Å². The molecular formula is C22H25ClF2N2O3. The van der Waals surface area contributed by atoms with E-state index in [2.05, 4.69) is 4.98 Å². The van der Waals surface area contributed by atoms with E-state index in [-0.39, 0.29) is 23.8 Å². The van der Waals surface area contributed by atoms with Crippen LogP contribution in [0.3, 0.4) is 0 Å². The first-order chi connectivity index (χ1) is 14.4. The topological polar surface area (TPSA) is 51.7 Å². The van der Waals surface area contributed by atoms with Gasteiger partial charge in [-0.3, -0.25) is 4.79 Å². The third kappa shape index (κ3) is 5.59. The van der Waals surface area contributed by atoms with Gasteiger partial charge in [-0.15, -0.1) is 0 Å². The number of carbonyl (C=O) groups is 1. The number of ether oxygens (including phenoxy) is 2. The predicted molar refractivity (Wildman–Crippen MR) is 111 cm³/mol. The Labute approximate surface area is 179 Å². The van der Waals surface area contributed by atoms with Gasteiger partial charge in [-0.25, -0.2) is 13.8 Å². The van der Waals surface area contributed by atoms with Gasteiger partial charge < -0.3 is 14.4 Å². The van der Waals surface area contributed by atoms with Crippen LogP contribution < -0.4 is 9.47 Å². The van der Waals surface area contributed by atoms with E-state index >= 15 is 4.39 Å². The Morgan fingerprint density at radius 1 is 1.27 bits per heavy atom. The zero-order valence-electron chi connectivity index (χ0n) is 16.9. The van der Waals surface area contributed by atoms with Crippen LogP contribution in [0.2, 0.25) is 5.02 Å². The maximum Gasteiger partial charge on any atom is 0.256 e. The van der Waals surface area contributed by atoms with Crippen molar-refractivity contribution in [2.24, 2.45) is 0 Å². The number of piperidine rings is 1. The summed E-state index contributed by atoms with van der Waals surface area (Å²) in [5.74, 6) is 0.179. The van der Waals surface area contributed by atoms with Crippen LogP contribution in [-0.2, 0) is 0 Å². The minimum Gasteiger partial charge on any atom is -0.491 e. The minimum atomic E-state index is -1.29. The summed E-state index contributed by atoms with van der Waals surface area (Å²) in [5.41, 5.74) is -0.977. The van der Waals surface area contributed by atoms with Gasteiger partial charge in [0, 0.05) is 24.8 Å². The Morgan fingerprint density at radius 2 is 2.03 bits per heavy atom. The van der Waals surface area contributed by atoms with Crippen molar-refractivity contribution in [3.05, 3.63) is 52.9 Å². The van der Waals surface area contributed by atoms with Crippen LogP contribution in [0.25, 0.3) is 0 Å². The normalized spacial score (nSPS) is 15.7. The highest BCUT2D eigenvalue weighted by atomic mass is 35.5. The van der Waals surface area contributed by atoms with Crippen LogP contribution in [0.4, 0.5) is 8.78 Å². The SMILES string of the molecule is COc1cccnc1OCCCCC1(F)CCN(C(=O)c2ccc(F)c(Cl)c2)CC1. The molecule has 0 radical (unpaired) electrons. The highest BCUT2D eigenvalue weighted by Crippen LogP contribution is 2.32. The van der Waals surface area contributed by atoms with Crippen LogP contribution in [0.5, 0.6) is 11.6 Å². The first-order valence-corrected chi connectivity index (χ1v) is 10.3. The largest absolute Gasteiger partial charge is 0.491 e. The molecule has 1 amide bonds. The van der Waals surface area contributed by atoms with Gasteiger partial charge in [0.05, 0.1) is 18.7 Å². The molecule has 1 aromatic heterocycles. The molecule has 1 aromatic carbocycles. The molecule has 1 saturated heterocycles. The van der Waals surface area contributed by atoms with E-state index in [4.69, 9.17) is 21.1 Å². The zero-order valence-corrected chi connectivity index (χ0v) is 17.6. The molecule has 2 aromatic rings. The summed E-state index contributed by atoms with van der Waals surface area (Å²) in [4.78, 5) is 18.3. The third-order valence-corrected chi connectivity index (χ3v) is 5.62. The van der Waals surface area contributed by atoms with Gasteiger partial charge in [-0.2, -0.15) is 0 Å². The number of halogens is 3. The van der Waals surface area contributed by atoms with Gasteiger partial charge in [0.1, 0.15) is 11.5 Å². The van der Waals surface area contributed by atoms with E-state index in [1.54, 1.807) is 30.3 Å². The van der Waals surface area contributed by atoms with Crippen molar-refractivity contribution in [3.8, 4) is 11.6 Å². The van der Waals surface area contributed by atoms with Gasteiger partial charge in [-0.05, 0) is 62.4 Å². The number of carbonyl (C=O) groups excluding carboxylic acids is 1. The lowest BCUT2D eigenvalue weighted by Crippen LogP contribution is -2.44. The lowest BCUT2D eigenvalue weighted by atomic mass is 9.88. The van der Waals surface area contributed by atoms with E-state index in [0.29, 0.717) is 56.2 Å². The number of unbranched alkanes of at least 4 members (excludes halogenated alkanes) is 1. The maximum atomic E-state index is 15.1. The smallest absolute Gasteiger partial charge is 0.256 e. The molecule has 0 aliphatic carbocycles. The van der Waals surface area contributed by atoms with Crippen molar-refractivity contribution < 1.29 is 23.0 Å². The summed E-state index contributed by atoms with van der Waals surface area (Å²) < 4.78 is 39.2. The fraction of sp³-hybridized carbons (Fsp3) is 0.455. The molecule has 0 saturated carbocycles. The van der Waals surface area contributed by atoms with Gasteiger partial charge in [0.2, 0.25) is 0 Å². The summed E-state index contributed by atoms with van der Waals surface area (Å²) in [5, 5.41) is -0.0942. The lowest BCUT2D eigenvalue weighted by molar-refractivity contribution is 0.0382. The summed E-state index contributed by atoms with van der Waals surface area (Å²) in [6.45, 7) is 1.08. The van der Waals surface area contributed by atoms with Gasteiger partial charge in [0.15, 0.2) is 5.75 Å².